The van der Waals surface area contributed by atoms with Crippen molar-refractivity contribution in [3.05, 3.63) is 29.8 Å². The maximum atomic E-state index is 8.62. The van der Waals surface area contributed by atoms with Gasteiger partial charge < -0.3 is 10.5 Å². The molecule has 3 nitrogen and oxygen atoms in total. The summed E-state index contributed by atoms with van der Waals surface area (Å²) in [6.07, 6.45) is -0.449. The molecule has 14 heavy (non-hydrogen) atoms. The van der Waals surface area contributed by atoms with Gasteiger partial charge in [0.05, 0.1) is 0 Å². The van der Waals surface area contributed by atoms with E-state index in [0.717, 1.165) is 5.56 Å². The second-order valence-corrected chi connectivity index (χ2v) is 3.22. The van der Waals surface area contributed by atoms with Crippen LogP contribution in [0.1, 0.15) is 25.5 Å². The van der Waals surface area contributed by atoms with Gasteiger partial charge in [-0.1, -0.05) is 18.2 Å². The van der Waals surface area contributed by atoms with Crippen molar-refractivity contribution in [3.8, 4) is 11.8 Å². The molecule has 0 bridgehead atoms. The lowest BCUT2D eigenvalue weighted by Gasteiger charge is -2.14. The summed E-state index contributed by atoms with van der Waals surface area (Å²) in [6, 6.07) is 9.43. The van der Waals surface area contributed by atoms with E-state index >= 15 is 0 Å². The molecule has 2 N–H and O–H groups in total. The van der Waals surface area contributed by atoms with Crippen molar-refractivity contribution < 1.29 is 4.74 Å². The molecular formula is C11H14N2O. The van der Waals surface area contributed by atoms with Gasteiger partial charge in [-0.3, -0.25) is 0 Å². The number of hydrogen-bond donors (Lipinski definition) is 1. The molecule has 0 aromatic heterocycles. The van der Waals surface area contributed by atoms with Crippen molar-refractivity contribution in [2.45, 2.75) is 26.0 Å². The Morgan fingerprint density at radius 2 is 2.00 bits per heavy atom. The average molecular weight is 190 g/mol. The maximum absolute atomic E-state index is 8.62. The minimum atomic E-state index is -0.449. The molecule has 0 aliphatic rings. The van der Waals surface area contributed by atoms with Crippen LogP contribution < -0.4 is 10.5 Å². The van der Waals surface area contributed by atoms with Gasteiger partial charge in [0.1, 0.15) is 11.8 Å². The molecule has 0 radical (unpaired) electrons. The Morgan fingerprint density at radius 3 is 2.57 bits per heavy atom. The zero-order valence-electron chi connectivity index (χ0n) is 8.40. The summed E-state index contributed by atoms with van der Waals surface area (Å²) < 4.78 is 5.41. The second kappa shape index (κ2) is 4.64. The minimum absolute atomic E-state index is 0.0860. The van der Waals surface area contributed by atoms with Crippen LogP contribution >= 0.6 is 0 Å². The molecule has 1 aromatic rings. The molecule has 0 saturated heterocycles. The first-order chi connectivity index (χ1) is 6.65. The summed E-state index contributed by atoms with van der Waals surface area (Å²) in [6.45, 7) is 3.59. The van der Waals surface area contributed by atoms with E-state index in [1.807, 2.05) is 37.3 Å². The minimum Gasteiger partial charge on any atom is -0.476 e. The third-order valence-electron chi connectivity index (χ3n) is 1.90. The van der Waals surface area contributed by atoms with Gasteiger partial charge in [0, 0.05) is 11.6 Å². The van der Waals surface area contributed by atoms with Crippen molar-refractivity contribution in [2.75, 3.05) is 0 Å². The van der Waals surface area contributed by atoms with Crippen molar-refractivity contribution in [2.24, 2.45) is 5.73 Å². The molecule has 0 aliphatic heterocycles. The lowest BCUT2D eigenvalue weighted by Crippen LogP contribution is -2.13. The largest absolute Gasteiger partial charge is 0.476 e. The second-order valence-electron chi connectivity index (χ2n) is 3.22. The fourth-order valence-electron chi connectivity index (χ4n) is 1.18. The van der Waals surface area contributed by atoms with E-state index in [1.54, 1.807) is 6.92 Å². The molecule has 74 valence electrons. The molecule has 0 amide bonds. The highest BCUT2D eigenvalue weighted by Crippen LogP contribution is 2.23. The van der Waals surface area contributed by atoms with Gasteiger partial charge in [-0.25, -0.2) is 0 Å². The smallest absolute Gasteiger partial charge is 0.181 e. The van der Waals surface area contributed by atoms with Crippen molar-refractivity contribution in [1.29, 1.82) is 5.26 Å². The zero-order chi connectivity index (χ0) is 10.6. The molecule has 0 aliphatic carbocycles. The summed E-state index contributed by atoms with van der Waals surface area (Å²) in [4.78, 5) is 0. The quantitative estimate of drug-likeness (QED) is 0.793. The van der Waals surface area contributed by atoms with Gasteiger partial charge in [-0.2, -0.15) is 5.26 Å². The highest BCUT2D eigenvalue weighted by molar-refractivity contribution is 5.35. The van der Waals surface area contributed by atoms with E-state index in [9.17, 15) is 0 Å². The molecule has 1 aromatic carbocycles. The van der Waals surface area contributed by atoms with Crippen LogP contribution in [0.5, 0.6) is 5.75 Å². The number of para-hydroxylation sites is 1. The van der Waals surface area contributed by atoms with E-state index in [2.05, 4.69) is 0 Å². The highest BCUT2D eigenvalue weighted by Gasteiger charge is 2.09. The molecule has 0 fully saturated rings. The van der Waals surface area contributed by atoms with E-state index in [4.69, 9.17) is 15.7 Å². The van der Waals surface area contributed by atoms with Gasteiger partial charge >= 0.3 is 0 Å². The molecule has 2 unspecified atom stereocenters. The Hall–Kier alpha value is -1.53. The lowest BCUT2D eigenvalue weighted by atomic mass is 10.1. The van der Waals surface area contributed by atoms with Gasteiger partial charge in [-0.05, 0) is 19.9 Å². The Morgan fingerprint density at radius 1 is 1.36 bits per heavy atom. The number of nitriles is 1. The van der Waals surface area contributed by atoms with Crippen LogP contribution in [0.2, 0.25) is 0 Å². The fourth-order valence-corrected chi connectivity index (χ4v) is 1.18. The molecule has 0 saturated carbocycles. The third kappa shape index (κ3) is 2.48. The Kier molecular flexibility index (Phi) is 3.49. The average Bonchev–Trinajstić information content (AvgIpc) is 2.18. The Labute approximate surface area is 84.1 Å². The Balaban J connectivity index is 2.91. The van der Waals surface area contributed by atoms with Crippen LogP contribution in [0.4, 0.5) is 0 Å². The summed E-state index contributed by atoms with van der Waals surface area (Å²) >= 11 is 0. The van der Waals surface area contributed by atoms with E-state index < -0.39 is 6.10 Å². The predicted octanol–water partition coefficient (Wildman–Crippen LogP) is 2.00. The van der Waals surface area contributed by atoms with Gasteiger partial charge in [-0.15, -0.1) is 0 Å². The topological polar surface area (TPSA) is 59.0 Å². The van der Waals surface area contributed by atoms with E-state index in [0.29, 0.717) is 5.75 Å². The van der Waals surface area contributed by atoms with Gasteiger partial charge in [0.15, 0.2) is 6.10 Å². The Bertz CT molecular complexity index is 341. The monoisotopic (exact) mass is 190 g/mol. The maximum Gasteiger partial charge on any atom is 0.181 e. The number of hydrogen-bond acceptors (Lipinski definition) is 3. The number of nitrogens with zero attached hydrogens (tertiary/aromatic N) is 1. The van der Waals surface area contributed by atoms with E-state index in [-0.39, 0.29) is 6.04 Å². The molecule has 3 heteroatoms. The summed E-state index contributed by atoms with van der Waals surface area (Å²) in [5, 5.41) is 8.62. The number of nitrogens with two attached hydrogens (primary N) is 1. The van der Waals surface area contributed by atoms with E-state index in [1.165, 1.54) is 0 Å². The summed E-state index contributed by atoms with van der Waals surface area (Å²) in [5.41, 5.74) is 6.69. The first-order valence-electron chi connectivity index (χ1n) is 4.56. The molecule has 1 rings (SSSR count). The van der Waals surface area contributed by atoms with Crippen molar-refractivity contribution in [3.63, 3.8) is 0 Å². The normalized spacial score (nSPS) is 14.1. The van der Waals surface area contributed by atoms with Crippen LogP contribution in [-0.4, -0.2) is 6.10 Å². The molecular weight excluding hydrogens is 176 g/mol. The SMILES string of the molecule is CC(C#N)Oc1ccccc1C(C)N. The summed E-state index contributed by atoms with van der Waals surface area (Å²) in [5.74, 6) is 0.691. The zero-order valence-corrected chi connectivity index (χ0v) is 8.40. The molecule has 0 heterocycles. The first-order valence-corrected chi connectivity index (χ1v) is 4.56. The van der Waals surface area contributed by atoms with Crippen LogP contribution in [0.3, 0.4) is 0 Å². The molecule has 0 spiro atoms. The number of benzene rings is 1. The van der Waals surface area contributed by atoms with Gasteiger partial charge in [0.2, 0.25) is 0 Å². The van der Waals surface area contributed by atoms with Crippen LogP contribution in [0.25, 0.3) is 0 Å². The predicted molar refractivity (Wildman–Crippen MR) is 54.7 cm³/mol. The van der Waals surface area contributed by atoms with Gasteiger partial charge in [0.25, 0.3) is 0 Å². The summed E-state index contributed by atoms with van der Waals surface area (Å²) in [7, 11) is 0. The highest BCUT2D eigenvalue weighted by atomic mass is 16.5. The lowest BCUT2D eigenvalue weighted by molar-refractivity contribution is 0.272. The number of rotatable bonds is 3. The van der Waals surface area contributed by atoms with Crippen LogP contribution in [0, 0.1) is 11.3 Å². The van der Waals surface area contributed by atoms with Crippen molar-refractivity contribution in [1.82, 2.24) is 0 Å². The first kappa shape index (κ1) is 10.6. The van der Waals surface area contributed by atoms with Crippen LogP contribution in [-0.2, 0) is 0 Å². The standard InChI is InChI=1S/C11H14N2O/c1-8(7-12)14-11-6-4-3-5-10(11)9(2)13/h3-6,8-9H,13H2,1-2H3. The van der Waals surface area contributed by atoms with Crippen molar-refractivity contribution >= 4 is 0 Å². The number of ether oxygens (including phenoxy) is 1. The molecule has 2 atom stereocenters. The third-order valence-corrected chi connectivity index (χ3v) is 1.90. The van der Waals surface area contributed by atoms with Crippen LogP contribution in [0.15, 0.2) is 24.3 Å². The fraction of sp³-hybridized carbons (Fsp3) is 0.364.